The number of aryl methyl sites for hydroxylation is 1. The molecule has 0 aliphatic rings. The summed E-state index contributed by atoms with van der Waals surface area (Å²) in [6.45, 7) is 0.606. The Bertz CT molecular complexity index is 628. The van der Waals surface area contributed by atoms with E-state index in [2.05, 4.69) is 10.2 Å². The summed E-state index contributed by atoms with van der Waals surface area (Å²) in [7, 11) is 0. The molecule has 0 heterocycles. The first-order valence-electron chi connectivity index (χ1n) is 9.73. The fraction of sp³-hybridized carbons (Fsp3) is 0.600. The Morgan fingerprint density at radius 2 is 1.67 bits per heavy atom. The number of hydrogen-bond acceptors (Lipinski definition) is 7. The predicted molar refractivity (Wildman–Crippen MR) is 116 cm³/mol. The van der Waals surface area contributed by atoms with E-state index >= 15 is 0 Å². The molecule has 5 N–H and O–H groups in total. The van der Waals surface area contributed by atoms with Crippen molar-refractivity contribution in [3.8, 4) is 0 Å². The zero-order valence-corrected chi connectivity index (χ0v) is 18.2. The third kappa shape index (κ3) is 8.75. The van der Waals surface area contributed by atoms with Crippen molar-refractivity contribution in [1.29, 1.82) is 0 Å². The van der Waals surface area contributed by atoms with Gasteiger partial charge in [-0.1, -0.05) is 12.1 Å². The molecule has 170 valence electrons. The second-order valence-corrected chi connectivity index (χ2v) is 7.60. The molecule has 0 saturated heterocycles. The summed E-state index contributed by atoms with van der Waals surface area (Å²) in [6.07, 6.45) is -3.57. The van der Waals surface area contributed by atoms with Crippen molar-refractivity contribution in [2.24, 2.45) is 0 Å². The summed E-state index contributed by atoms with van der Waals surface area (Å²) in [4.78, 5) is 25.3. The van der Waals surface area contributed by atoms with Crippen molar-refractivity contribution in [3.63, 3.8) is 0 Å². The molecule has 1 rings (SSSR count). The summed E-state index contributed by atoms with van der Waals surface area (Å²) in [5, 5.41) is 40.0. The van der Waals surface area contributed by atoms with Crippen LogP contribution < -0.4 is 10.2 Å². The molecule has 0 saturated carbocycles. The largest absolute Gasteiger partial charge is 0.394 e. The van der Waals surface area contributed by atoms with Crippen molar-refractivity contribution in [2.75, 3.05) is 36.4 Å². The molecule has 4 atom stereocenters. The Hall–Kier alpha value is -1.42. The van der Waals surface area contributed by atoms with Gasteiger partial charge in [0.15, 0.2) is 0 Å². The van der Waals surface area contributed by atoms with E-state index in [4.69, 9.17) is 28.3 Å². The number of alkyl halides is 2. The number of anilines is 1. The lowest BCUT2D eigenvalue weighted by molar-refractivity contribution is -0.131. The molecular weight excluding hydrogens is 435 g/mol. The maximum Gasteiger partial charge on any atom is 0.220 e. The maximum atomic E-state index is 12.0. The number of halogens is 2. The third-order valence-corrected chi connectivity index (χ3v) is 4.99. The van der Waals surface area contributed by atoms with Crippen molar-refractivity contribution < 1.29 is 30.0 Å². The Morgan fingerprint density at radius 1 is 1.07 bits per heavy atom. The van der Waals surface area contributed by atoms with Crippen LogP contribution in [0.25, 0.3) is 0 Å². The summed E-state index contributed by atoms with van der Waals surface area (Å²) in [6, 6.07) is 6.49. The molecule has 0 aliphatic heterocycles. The van der Waals surface area contributed by atoms with E-state index in [0.29, 0.717) is 37.7 Å². The van der Waals surface area contributed by atoms with Gasteiger partial charge in [0.25, 0.3) is 0 Å². The first-order valence-corrected chi connectivity index (χ1v) is 10.8. The fourth-order valence-electron chi connectivity index (χ4n) is 2.91. The first kappa shape index (κ1) is 26.6. The predicted octanol–water partition coefficient (Wildman–Crippen LogP) is 0.0520. The van der Waals surface area contributed by atoms with Gasteiger partial charge < -0.3 is 35.4 Å². The minimum atomic E-state index is -1.76. The number of amides is 1. The van der Waals surface area contributed by atoms with Crippen LogP contribution in [0.15, 0.2) is 24.3 Å². The van der Waals surface area contributed by atoms with Crippen LogP contribution in [-0.4, -0.2) is 88.4 Å². The van der Waals surface area contributed by atoms with E-state index in [1.54, 1.807) is 0 Å². The van der Waals surface area contributed by atoms with Gasteiger partial charge in [0.05, 0.1) is 6.61 Å². The molecule has 0 aliphatic carbocycles. The average Bonchev–Trinajstić information content (AvgIpc) is 2.76. The molecule has 0 radical (unpaired) electrons. The van der Waals surface area contributed by atoms with Gasteiger partial charge in [0.1, 0.15) is 30.6 Å². The lowest BCUT2D eigenvalue weighted by Gasteiger charge is -2.26. The molecule has 1 aromatic rings. The number of benzene rings is 1. The van der Waals surface area contributed by atoms with Gasteiger partial charge >= 0.3 is 0 Å². The molecule has 0 fully saturated rings. The number of aldehydes is 1. The summed E-state index contributed by atoms with van der Waals surface area (Å²) in [5.74, 6) is 0.532. The number of nitrogens with one attached hydrogen (secondary N) is 1. The maximum absolute atomic E-state index is 12.0. The van der Waals surface area contributed by atoms with Gasteiger partial charge in [0.2, 0.25) is 5.91 Å². The van der Waals surface area contributed by atoms with Gasteiger partial charge in [-0.2, -0.15) is 0 Å². The highest BCUT2D eigenvalue weighted by Crippen LogP contribution is 2.17. The lowest BCUT2D eigenvalue weighted by atomic mass is 10.0. The van der Waals surface area contributed by atoms with Crippen molar-refractivity contribution >= 4 is 41.1 Å². The highest BCUT2D eigenvalue weighted by Gasteiger charge is 2.31. The zero-order chi connectivity index (χ0) is 22.5. The van der Waals surface area contributed by atoms with E-state index in [9.17, 15) is 24.9 Å². The molecule has 4 unspecified atom stereocenters. The molecule has 0 spiro atoms. The number of aliphatic hydroxyl groups excluding tert-OH is 4. The number of aliphatic hydroxyl groups is 4. The van der Waals surface area contributed by atoms with Gasteiger partial charge in [-0.15, -0.1) is 23.2 Å². The number of rotatable bonds is 15. The Labute approximate surface area is 186 Å². The van der Waals surface area contributed by atoms with E-state index in [0.717, 1.165) is 11.3 Å². The lowest BCUT2D eigenvalue weighted by Crippen LogP contribution is -2.53. The molecule has 1 amide bonds. The van der Waals surface area contributed by atoms with Gasteiger partial charge in [-0.25, -0.2) is 0 Å². The van der Waals surface area contributed by atoms with Gasteiger partial charge in [-0.3, -0.25) is 4.79 Å². The average molecular weight is 465 g/mol. The fourth-order valence-corrected chi connectivity index (χ4v) is 3.31. The highest BCUT2D eigenvalue weighted by molar-refractivity contribution is 6.18. The van der Waals surface area contributed by atoms with Crippen molar-refractivity contribution in [1.82, 2.24) is 5.32 Å². The smallest absolute Gasteiger partial charge is 0.220 e. The molecule has 0 bridgehead atoms. The quantitative estimate of drug-likeness (QED) is 0.183. The second kappa shape index (κ2) is 14.6. The van der Waals surface area contributed by atoms with Crippen molar-refractivity contribution in [3.05, 3.63) is 29.8 Å². The topological polar surface area (TPSA) is 130 Å². The van der Waals surface area contributed by atoms with Crippen LogP contribution in [0.5, 0.6) is 0 Å². The zero-order valence-electron chi connectivity index (χ0n) is 16.7. The summed E-state index contributed by atoms with van der Waals surface area (Å²) < 4.78 is 0. The van der Waals surface area contributed by atoms with Crippen LogP contribution >= 0.6 is 23.2 Å². The minimum absolute atomic E-state index is 0.113. The van der Waals surface area contributed by atoms with E-state index in [1.165, 1.54) is 0 Å². The first-order chi connectivity index (χ1) is 14.4. The van der Waals surface area contributed by atoms with E-state index < -0.39 is 36.9 Å². The number of nitrogens with zero attached hydrogens (tertiary/aromatic N) is 1. The van der Waals surface area contributed by atoms with Crippen LogP contribution in [-0.2, 0) is 16.0 Å². The molecular formula is C20H30Cl2N2O6. The van der Waals surface area contributed by atoms with Crippen molar-refractivity contribution in [2.45, 2.75) is 43.6 Å². The van der Waals surface area contributed by atoms with Crippen LogP contribution in [0.2, 0.25) is 0 Å². The van der Waals surface area contributed by atoms with Gasteiger partial charge in [0, 0.05) is 37.0 Å². The SMILES string of the molecule is O=CC(NC(=O)CCCc1ccc(N(CCCl)CCCl)cc1)C(O)C(O)C(O)CO. The molecule has 0 aromatic heterocycles. The number of hydrogen-bond donors (Lipinski definition) is 5. The van der Waals surface area contributed by atoms with Crippen LogP contribution in [0.4, 0.5) is 5.69 Å². The third-order valence-electron chi connectivity index (χ3n) is 4.65. The standard InChI is InChI=1S/C20H30Cl2N2O6/c21-8-10-24(11-9-22)15-6-4-14(5-7-15)2-1-3-18(28)23-16(12-25)19(29)20(30)17(27)13-26/h4-7,12,16-17,19-20,26-27,29-30H,1-3,8-11,13H2,(H,23,28). The van der Waals surface area contributed by atoms with Crippen LogP contribution in [0.1, 0.15) is 18.4 Å². The van der Waals surface area contributed by atoms with Gasteiger partial charge in [-0.05, 0) is 30.5 Å². The molecule has 30 heavy (non-hydrogen) atoms. The summed E-state index contributed by atoms with van der Waals surface area (Å²) >= 11 is 11.6. The Kier molecular flexibility index (Phi) is 12.9. The van der Waals surface area contributed by atoms with E-state index in [-0.39, 0.29) is 12.7 Å². The Balaban J connectivity index is 2.50. The second-order valence-electron chi connectivity index (χ2n) is 6.85. The minimum Gasteiger partial charge on any atom is -0.394 e. The number of carbonyl (C=O) groups is 2. The molecule has 8 nitrogen and oxygen atoms in total. The highest BCUT2D eigenvalue weighted by atomic mass is 35.5. The van der Waals surface area contributed by atoms with Crippen LogP contribution in [0.3, 0.4) is 0 Å². The van der Waals surface area contributed by atoms with E-state index in [1.807, 2.05) is 24.3 Å². The monoisotopic (exact) mass is 464 g/mol. The Morgan fingerprint density at radius 3 is 2.17 bits per heavy atom. The summed E-state index contributed by atoms with van der Waals surface area (Å²) in [5.41, 5.74) is 2.06. The number of carbonyl (C=O) groups excluding carboxylic acids is 2. The molecule has 10 heteroatoms. The van der Waals surface area contributed by atoms with Crippen LogP contribution in [0, 0.1) is 0 Å². The normalized spacial score (nSPS) is 15.1. The molecule has 1 aromatic carbocycles.